The summed E-state index contributed by atoms with van der Waals surface area (Å²) in [6.45, 7) is 0.00412. The molecule has 7 unspecified atom stereocenters. The Hall–Kier alpha value is -6.36. The highest BCUT2D eigenvalue weighted by atomic mass is 16.5. The van der Waals surface area contributed by atoms with Crippen LogP contribution in [0, 0.1) is 29.6 Å². The van der Waals surface area contributed by atoms with Crippen LogP contribution >= 0.6 is 0 Å². The summed E-state index contributed by atoms with van der Waals surface area (Å²) < 4.78 is 6.56. The van der Waals surface area contributed by atoms with Crippen molar-refractivity contribution < 1.29 is 39.9 Å². The van der Waals surface area contributed by atoms with Crippen molar-refractivity contribution in [2.75, 3.05) is 25.5 Å². The van der Waals surface area contributed by atoms with Gasteiger partial charge >= 0.3 is 0 Å². The van der Waals surface area contributed by atoms with Crippen molar-refractivity contribution in [1.82, 2.24) is 15.3 Å². The topological polar surface area (TPSA) is 200 Å². The number of H-pyrrole nitrogens is 2. The molecule has 74 heavy (non-hydrogen) atoms. The van der Waals surface area contributed by atoms with Crippen LogP contribution in [0.2, 0.25) is 0 Å². The Balaban J connectivity index is 1.11. The standard InChI is InChI=1S/C62H70N4O8/c1-63-36-41-13-15-51-48-34-52-46(20-27-64-52)49(35-61(73)24-17-39-7-6-10-53(68)45(39)18-25-61)56(48)58(71)47(21-28-67)54(69)16-12-38-31-43(57(70)55(32-38)74-44-8-2-3-9-44)30-37-11-14-50(62(59(41)72)22-4-5-23-62)42(29-37)33-40-19-26-65-60(40)66-51/h6-7,10-11,14,18-20,25-27,29,31-32,34,41,44,47,49,51,56,59,63-68,70,72-73H,2-5,8-9,12,16-17,21-24,28,30,33,35-36H2,1H3. The van der Waals surface area contributed by atoms with Crippen LogP contribution in [0.4, 0.5) is 5.82 Å². The maximum atomic E-state index is 16.1. The summed E-state index contributed by atoms with van der Waals surface area (Å²) in [6, 6.07) is 19.0. The van der Waals surface area contributed by atoms with Gasteiger partial charge in [0.2, 0.25) is 0 Å². The van der Waals surface area contributed by atoms with Gasteiger partial charge in [-0.05, 0) is 153 Å². The number of aliphatic hydroxyl groups is 3. The second-order valence-electron chi connectivity index (χ2n) is 22.2. The Morgan fingerprint density at radius 1 is 0.838 bits per heavy atom. The number of aliphatic hydroxyl groups excluding tert-OH is 2. The number of benzene rings is 3. The highest BCUT2D eigenvalue weighted by molar-refractivity contribution is 6.05. The van der Waals surface area contributed by atoms with E-state index in [1.807, 2.05) is 49.8 Å². The molecular formula is C62H70N4O8. The number of phenolic OH excluding ortho intramolecular Hbond substituents is 2. The van der Waals surface area contributed by atoms with E-state index in [0.29, 0.717) is 54.7 Å². The zero-order valence-electron chi connectivity index (χ0n) is 42.4. The van der Waals surface area contributed by atoms with Crippen LogP contribution in [0.25, 0.3) is 12.2 Å². The molecule has 5 bridgehead atoms. The summed E-state index contributed by atoms with van der Waals surface area (Å²) in [4.78, 5) is 38.1. The maximum absolute atomic E-state index is 16.1. The summed E-state index contributed by atoms with van der Waals surface area (Å²) >= 11 is 0. The van der Waals surface area contributed by atoms with Gasteiger partial charge in [-0.2, -0.15) is 0 Å². The number of aromatic amines is 2. The van der Waals surface area contributed by atoms with Gasteiger partial charge in [0, 0.05) is 78.9 Å². The lowest BCUT2D eigenvalue weighted by atomic mass is 9.65. The van der Waals surface area contributed by atoms with Crippen LogP contribution in [-0.2, 0) is 40.7 Å². The van der Waals surface area contributed by atoms with Crippen LogP contribution in [-0.4, -0.2) is 91.1 Å². The molecule has 0 amide bonds. The molecule has 9 N–H and O–H groups in total. The molecule has 4 heterocycles. The van der Waals surface area contributed by atoms with E-state index < -0.39 is 53.4 Å². The number of hydrogen-bond acceptors (Lipinski definition) is 10. The van der Waals surface area contributed by atoms with E-state index >= 15 is 9.59 Å². The number of carbonyl (C=O) groups is 2. The Morgan fingerprint density at radius 3 is 2.46 bits per heavy atom. The van der Waals surface area contributed by atoms with Crippen molar-refractivity contribution in [3.63, 3.8) is 0 Å². The second kappa shape index (κ2) is 20.7. The number of aromatic nitrogens is 2. The molecule has 6 aliphatic rings. The van der Waals surface area contributed by atoms with Crippen LogP contribution in [0.15, 0.2) is 84.7 Å². The fourth-order valence-corrected chi connectivity index (χ4v) is 13.7. The van der Waals surface area contributed by atoms with Crippen LogP contribution in [0.3, 0.4) is 0 Å². The molecule has 3 aromatic carbocycles. The van der Waals surface area contributed by atoms with Gasteiger partial charge in [-0.15, -0.1) is 0 Å². The number of fused-ring (bicyclic) bond motifs is 9. The molecule has 11 rings (SSSR count). The zero-order valence-corrected chi connectivity index (χ0v) is 42.4. The van der Waals surface area contributed by atoms with Gasteiger partial charge in [-0.25, -0.2) is 0 Å². The number of anilines is 1. The average Bonchev–Trinajstić information content (AvgIpc) is 4.25. The highest BCUT2D eigenvalue weighted by Crippen LogP contribution is 2.51. The van der Waals surface area contributed by atoms with E-state index in [9.17, 15) is 25.5 Å². The lowest BCUT2D eigenvalue weighted by Crippen LogP contribution is -2.45. The quantitative estimate of drug-likeness (QED) is 0.0535. The average molecular weight is 999 g/mol. The minimum absolute atomic E-state index is 0.00158. The first-order valence-electron chi connectivity index (χ1n) is 27.1. The molecule has 12 nitrogen and oxygen atoms in total. The number of ether oxygens (including phenoxy) is 1. The number of nitrogens with one attached hydrogen (secondary N) is 4. The Bertz CT molecular complexity index is 3050. The Morgan fingerprint density at radius 2 is 1.65 bits per heavy atom. The monoisotopic (exact) mass is 999 g/mol. The SMILES string of the molecule is CNCC1C#CC2Nc3[nH]ccc3Cc3cc(ccc3C3(CCCC3)C1O)Cc1cc(cc(OC3CCCC3)c1O)CCC(=O)C(CCO)C(=O)C1C2=Cc2[nH]ccc2C1CC1(O)C=Cc2c(O)cccc2CC1. The Kier molecular flexibility index (Phi) is 14.0. The molecule has 2 saturated carbocycles. The largest absolute Gasteiger partial charge is 0.507 e. The first kappa shape index (κ1) is 49.8. The van der Waals surface area contributed by atoms with E-state index in [1.54, 1.807) is 24.3 Å². The molecule has 2 aromatic heterocycles. The van der Waals surface area contributed by atoms with Crippen LogP contribution in [0.5, 0.6) is 17.2 Å². The molecule has 0 radical (unpaired) electrons. The number of carbonyl (C=O) groups excluding carboxylic acids is 2. The highest BCUT2D eigenvalue weighted by Gasteiger charge is 2.49. The van der Waals surface area contributed by atoms with Gasteiger partial charge in [0.15, 0.2) is 17.3 Å². The van der Waals surface area contributed by atoms with Gasteiger partial charge < -0.3 is 50.9 Å². The van der Waals surface area contributed by atoms with Crippen molar-refractivity contribution in [2.45, 2.75) is 138 Å². The number of hydrogen-bond donors (Lipinski definition) is 9. The third-order valence-corrected chi connectivity index (χ3v) is 17.6. The van der Waals surface area contributed by atoms with Gasteiger partial charge in [-0.1, -0.05) is 73.2 Å². The Labute approximate surface area is 433 Å². The molecule has 0 saturated heterocycles. The number of phenols is 2. The molecule has 7 atom stereocenters. The smallest absolute Gasteiger partial charge is 0.161 e. The number of Topliss-reactive ketones (excluding diaryl/α,β-unsaturated/α-hetero) is 2. The van der Waals surface area contributed by atoms with E-state index in [1.165, 1.54) is 0 Å². The molecule has 2 fully saturated rings. The van der Waals surface area contributed by atoms with Crippen molar-refractivity contribution in [1.29, 1.82) is 0 Å². The summed E-state index contributed by atoms with van der Waals surface area (Å²) in [7, 11) is 1.87. The van der Waals surface area contributed by atoms with E-state index in [2.05, 4.69) is 56.7 Å². The van der Waals surface area contributed by atoms with Gasteiger partial charge in [0.05, 0.1) is 29.6 Å². The second-order valence-corrected chi connectivity index (χ2v) is 22.2. The number of aromatic hydroxyl groups is 2. The fraction of sp³-hybridized carbons (Fsp3) is 0.452. The van der Waals surface area contributed by atoms with Crippen molar-refractivity contribution >= 4 is 29.5 Å². The number of rotatable bonds is 8. The molecule has 2 aliphatic heterocycles. The van der Waals surface area contributed by atoms with Gasteiger partial charge in [0.1, 0.15) is 23.4 Å². The molecular weight excluding hydrogens is 929 g/mol. The number of aryl methyl sites for hydroxylation is 2. The predicted molar refractivity (Wildman–Crippen MR) is 286 cm³/mol. The predicted octanol–water partition coefficient (Wildman–Crippen LogP) is 8.72. The first-order valence-corrected chi connectivity index (χ1v) is 27.1. The first-order chi connectivity index (χ1) is 35.9. The minimum Gasteiger partial charge on any atom is -0.507 e. The maximum Gasteiger partial charge on any atom is 0.161 e. The summed E-state index contributed by atoms with van der Waals surface area (Å²) in [5.74, 6) is 4.46. The summed E-state index contributed by atoms with van der Waals surface area (Å²) in [6.07, 6.45) is 17.7. The van der Waals surface area contributed by atoms with Crippen molar-refractivity contribution in [2.24, 2.45) is 17.8 Å². The lowest BCUT2D eigenvalue weighted by Gasteiger charge is -2.40. The van der Waals surface area contributed by atoms with E-state index in [-0.39, 0.29) is 54.9 Å². The molecule has 12 heteroatoms. The van der Waals surface area contributed by atoms with Crippen LogP contribution < -0.4 is 15.4 Å². The minimum atomic E-state index is -1.44. The molecule has 386 valence electrons. The summed E-state index contributed by atoms with van der Waals surface area (Å²) in [5, 5.41) is 66.7. The normalized spacial score (nSPS) is 26.6. The number of ketones is 2. The van der Waals surface area contributed by atoms with Crippen LogP contribution in [0.1, 0.15) is 139 Å². The lowest BCUT2D eigenvalue weighted by molar-refractivity contribution is -0.135. The van der Waals surface area contributed by atoms with Gasteiger partial charge in [0.25, 0.3) is 0 Å². The van der Waals surface area contributed by atoms with E-state index in [4.69, 9.17) is 4.74 Å². The molecule has 1 spiro atoms. The van der Waals surface area contributed by atoms with Crippen molar-refractivity contribution in [3.8, 4) is 29.1 Å². The summed E-state index contributed by atoms with van der Waals surface area (Å²) in [5.41, 5.74) is 7.32. The van der Waals surface area contributed by atoms with E-state index in [0.717, 1.165) is 102 Å². The zero-order chi connectivity index (χ0) is 51.1. The molecule has 5 aromatic rings. The molecule has 4 aliphatic carbocycles. The van der Waals surface area contributed by atoms with Gasteiger partial charge in [-0.3, -0.25) is 9.59 Å². The fourth-order valence-electron chi connectivity index (χ4n) is 13.7. The van der Waals surface area contributed by atoms with Crippen molar-refractivity contribution in [3.05, 3.63) is 140 Å². The third-order valence-electron chi connectivity index (χ3n) is 17.6. The third kappa shape index (κ3) is 9.53.